The predicted molar refractivity (Wildman–Crippen MR) is 88.0 cm³/mol. The van der Waals surface area contributed by atoms with Crippen molar-refractivity contribution in [3.8, 4) is 0 Å². The molecule has 23 heavy (non-hydrogen) atoms. The summed E-state index contributed by atoms with van der Waals surface area (Å²) in [7, 11) is 3.30. The van der Waals surface area contributed by atoms with Gasteiger partial charge < -0.3 is 15.0 Å². The monoisotopic (exact) mass is 319 g/mol. The minimum atomic E-state index is -0.410. The van der Waals surface area contributed by atoms with Crippen molar-refractivity contribution in [3.05, 3.63) is 40.1 Å². The molecule has 124 valence electrons. The molecule has 0 saturated carbocycles. The highest BCUT2D eigenvalue weighted by molar-refractivity contribution is 5.87. The van der Waals surface area contributed by atoms with Crippen LogP contribution >= 0.6 is 0 Å². The molecule has 1 amide bonds. The van der Waals surface area contributed by atoms with Gasteiger partial charge in [0.2, 0.25) is 5.91 Å². The lowest BCUT2D eigenvalue weighted by Gasteiger charge is -2.26. The molecule has 1 atom stereocenters. The molecule has 1 aliphatic rings. The lowest BCUT2D eigenvalue weighted by atomic mass is 9.92. The smallest absolute Gasteiger partial charge is 0.292 e. The van der Waals surface area contributed by atoms with Gasteiger partial charge in [-0.05, 0) is 29.7 Å². The van der Waals surface area contributed by atoms with E-state index < -0.39 is 4.92 Å². The summed E-state index contributed by atoms with van der Waals surface area (Å²) in [6.07, 6.45) is 2.42. The summed E-state index contributed by atoms with van der Waals surface area (Å²) < 4.78 is 4.96. The summed E-state index contributed by atoms with van der Waals surface area (Å²) in [6, 6.07) is 4.98. The fraction of sp³-hybridized carbons (Fsp3) is 0.438. The first-order valence-electron chi connectivity index (χ1n) is 7.43. The van der Waals surface area contributed by atoms with Crippen molar-refractivity contribution in [2.24, 2.45) is 5.92 Å². The van der Waals surface area contributed by atoms with Gasteiger partial charge in [0.25, 0.3) is 5.69 Å². The Hall–Kier alpha value is -2.41. The second-order valence-corrected chi connectivity index (χ2v) is 5.62. The lowest BCUT2D eigenvalue weighted by molar-refractivity contribution is -0.384. The van der Waals surface area contributed by atoms with Crippen molar-refractivity contribution in [3.63, 3.8) is 0 Å². The minimum Gasteiger partial charge on any atom is -0.383 e. The maximum Gasteiger partial charge on any atom is 0.292 e. The molecule has 0 aromatic heterocycles. The second kappa shape index (κ2) is 7.23. The van der Waals surface area contributed by atoms with Crippen LogP contribution in [0.3, 0.4) is 0 Å². The molecular formula is C16H21N3O4. The third-order valence-electron chi connectivity index (χ3n) is 3.83. The first kappa shape index (κ1) is 17.0. The number of hydrogen-bond donors (Lipinski definition) is 1. The molecule has 1 aromatic rings. The van der Waals surface area contributed by atoms with Gasteiger partial charge in [-0.1, -0.05) is 6.92 Å². The van der Waals surface area contributed by atoms with Gasteiger partial charge in [-0.15, -0.1) is 0 Å². The van der Waals surface area contributed by atoms with Crippen LogP contribution in [0.1, 0.15) is 18.9 Å². The van der Waals surface area contributed by atoms with Crippen LogP contribution in [-0.4, -0.2) is 43.0 Å². The van der Waals surface area contributed by atoms with Crippen LogP contribution in [0.5, 0.6) is 0 Å². The quantitative estimate of drug-likeness (QED) is 0.495. The minimum absolute atomic E-state index is 0.0266. The van der Waals surface area contributed by atoms with Gasteiger partial charge in [-0.25, -0.2) is 0 Å². The molecular weight excluding hydrogens is 298 g/mol. The number of methoxy groups -OCH3 is 1. The highest BCUT2D eigenvalue weighted by Gasteiger charge is 2.25. The van der Waals surface area contributed by atoms with Gasteiger partial charge in [0.1, 0.15) is 5.69 Å². The summed E-state index contributed by atoms with van der Waals surface area (Å²) in [5.74, 6) is -0.0193. The molecule has 1 aliphatic heterocycles. The Kier molecular flexibility index (Phi) is 5.33. The Morgan fingerprint density at radius 3 is 2.83 bits per heavy atom. The number of nitrogens with one attached hydrogen (secondary N) is 1. The number of allylic oxidation sites excluding steroid dienone is 1. The lowest BCUT2D eigenvalue weighted by Crippen LogP contribution is -2.31. The SMILES string of the molecule is COCCNc1cc(C2=CN(C)C(=O)C(C)C2)ccc1[N+](=O)[O-]. The topological polar surface area (TPSA) is 84.7 Å². The molecule has 0 spiro atoms. The fourth-order valence-electron chi connectivity index (χ4n) is 2.63. The van der Waals surface area contributed by atoms with Crippen molar-refractivity contribution in [1.82, 2.24) is 4.90 Å². The maximum atomic E-state index is 11.9. The van der Waals surface area contributed by atoms with Crippen LogP contribution in [0.2, 0.25) is 0 Å². The van der Waals surface area contributed by atoms with E-state index in [1.807, 2.05) is 6.92 Å². The van der Waals surface area contributed by atoms with Crippen LogP contribution < -0.4 is 5.32 Å². The van der Waals surface area contributed by atoms with Crippen LogP contribution in [-0.2, 0) is 9.53 Å². The van der Waals surface area contributed by atoms with E-state index in [0.29, 0.717) is 25.3 Å². The Balaban J connectivity index is 2.33. The summed E-state index contributed by atoms with van der Waals surface area (Å²) in [5, 5.41) is 14.2. The number of hydrogen-bond acceptors (Lipinski definition) is 5. The molecule has 1 heterocycles. The molecule has 0 aliphatic carbocycles. The molecule has 1 N–H and O–H groups in total. The highest BCUT2D eigenvalue weighted by atomic mass is 16.6. The number of amides is 1. The van der Waals surface area contributed by atoms with E-state index in [-0.39, 0.29) is 17.5 Å². The predicted octanol–water partition coefficient (Wildman–Crippen LogP) is 2.49. The van der Waals surface area contributed by atoms with Crippen molar-refractivity contribution in [2.45, 2.75) is 13.3 Å². The van der Waals surface area contributed by atoms with Crippen LogP contribution in [0, 0.1) is 16.0 Å². The van der Waals surface area contributed by atoms with E-state index in [1.165, 1.54) is 6.07 Å². The summed E-state index contributed by atoms with van der Waals surface area (Å²) in [6.45, 7) is 2.82. The number of carbonyl (C=O) groups is 1. The Morgan fingerprint density at radius 1 is 1.48 bits per heavy atom. The molecule has 7 nitrogen and oxygen atoms in total. The third kappa shape index (κ3) is 3.87. The van der Waals surface area contributed by atoms with Crippen LogP contribution in [0.15, 0.2) is 24.4 Å². The standard InChI is InChI=1S/C16H21N3O4/c1-11-8-13(10-18(2)16(11)20)12-4-5-15(19(21)22)14(9-12)17-6-7-23-3/h4-5,9-11,17H,6-8H2,1-3H3. The third-order valence-corrected chi connectivity index (χ3v) is 3.83. The van der Waals surface area contributed by atoms with Crippen molar-refractivity contribution in [1.29, 1.82) is 0 Å². The van der Waals surface area contributed by atoms with E-state index in [9.17, 15) is 14.9 Å². The highest BCUT2D eigenvalue weighted by Crippen LogP contribution is 2.33. The van der Waals surface area contributed by atoms with E-state index in [4.69, 9.17) is 4.74 Å². The summed E-state index contributed by atoms with van der Waals surface area (Å²) >= 11 is 0. The zero-order valence-corrected chi connectivity index (χ0v) is 13.5. The fourth-order valence-corrected chi connectivity index (χ4v) is 2.63. The van der Waals surface area contributed by atoms with Crippen LogP contribution in [0.4, 0.5) is 11.4 Å². The Bertz CT molecular complexity index is 642. The van der Waals surface area contributed by atoms with Crippen molar-refractivity contribution in [2.75, 3.05) is 32.6 Å². The number of anilines is 1. The summed E-state index contributed by atoms with van der Waals surface area (Å²) in [4.78, 5) is 24.2. The van der Waals surface area contributed by atoms with E-state index in [1.54, 1.807) is 37.4 Å². The van der Waals surface area contributed by atoms with Gasteiger partial charge in [0.15, 0.2) is 0 Å². The zero-order chi connectivity index (χ0) is 17.0. The number of nitrogens with zero attached hydrogens (tertiary/aromatic N) is 2. The van der Waals surface area contributed by atoms with Crippen molar-refractivity contribution >= 4 is 22.9 Å². The number of nitro groups is 1. The largest absolute Gasteiger partial charge is 0.383 e. The van der Waals surface area contributed by atoms with Crippen molar-refractivity contribution < 1.29 is 14.5 Å². The second-order valence-electron chi connectivity index (χ2n) is 5.62. The molecule has 2 rings (SSSR count). The summed E-state index contributed by atoms with van der Waals surface area (Å²) in [5.41, 5.74) is 2.35. The number of ether oxygens (including phenoxy) is 1. The first-order chi connectivity index (χ1) is 10.9. The normalized spacial score (nSPS) is 17.9. The van der Waals surface area contributed by atoms with Gasteiger partial charge in [-0.2, -0.15) is 0 Å². The van der Waals surface area contributed by atoms with Crippen LogP contribution in [0.25, 0.3) is 5.57 Å². The Labute approximate surface area is 135 Å². The van der Waals surface area contributed by atoms with Gasteiger partial charge >= 0.3 is 0 Å². The maximum absolute atomic E-state index is 11.9. The number of rotatable bonds is 6. The number of nitro benzene ring substituents is 1. The Morgan fingerprint density at radius 2 is 2.22 bits per heavy atom. The molecule has 0 fully saturated rings. The van der Waals surface area contributed by atoms with Gasteiger partial charge in [0.05, 0.1) is 11.5 Å². The molecule has 7 heteroatoms. The van der Waals surface area contributed by atoms with E-state index >= 15 is 0 Å². The van der Waals surface area contributed by atoms with E-state index in [0.717, 1.165) is 11.1 Å². The zero-order valence-electron chi connectivity index (χ0n) is 13.5. The molecule has 0 radical (unpaired) electrons. The number of carbonyl (C=O) groups excluding carboxylic acids is 1. The van der Waals surface area contributed by atoms with Gasteiger partial charge in [0, 0.05) is 38.9 Å². The molecule has 0 bridgehead atoms. The number of benzene rings is 1. The average molecular weight is 319 g/mol. The molecule has 1 aromatic carbocycles. The van der Waals surface area contributed by atoms with Gasteiger partial charge in [-0.3, -0.25) is 14.9 Å². The molecule has 1 unspecified atom stereocenters. The first-order valence-corrected chi connectivity index (χ1v) is 7.43. The molecule has 0 saturated heterocycles. The van der Waals surface area contributed by atoms with E-state index in [2.05, 4.69) is 5.32 Å². The average Bonchev–Trinajstić information content (AvgIpc) is 2.52.